The van der Waals surface area contributed by atoms with E-state index < -0.39 is 0 Å². The Bertz CT molecular complexity index is 2290. The zero-order valence-corrected chi connectivity index (χ0v) is 23.9. The molecule has 1 aliphatic heterocycles. The summed E-state index contributed by atoms with van der Waals surface area (Å²) < 4.78 is 6.72. The average molecular weight is 562 g/mol. The van der Waals surface area contributed by atoms with Crippen LogP contribution >= 0.6 is 0 Å². The Morgan fingerprint density at radius 2 is 0.955 bits per heavy atom. The molecule has 0 aliphatic carbocycles. The van der Waals surface area contributed by atoms with E-state index >= 15 is 0 Å². The van der Waals surface area contributed by atoms with E-state index in [-0.39, 0.29) is 0 Å². The van der Waals surface area contributed by atoms with Gasteiger partial charge in [0, 0.05) is 34.1 Å². The van der Waals surface area contributed by atoms with Crippen molar-refractivity contribution in [2.45, 2.75) is 0 Å². The monoisotopic (exact) mass is 561 g/mol. The summed E-state index contributed by atoms with van der Waals surface area (Å²) in [5.41, 5.74) is 7.98. The van der Waals surface area contributed by atoms with Crippen LogP contribution in [0.5, 0.6) is 11.5 Å². The van der Waals surface area contributed by atoms with Gasteiger partial charge in [0.1, 0.15) is 11.5 Å². The fourth-order valence-electron chi connectivity index (χ4n) is 6.71. The molecule has 0 bridgehead atoms. The van der Waals surface area contributed by atoms with E-state index in [9.17, 15) is 0 Å². The summed E-state index contributed by atoms with van der Waals surface area (Å²) in [7, 11) is 0. The lowest BCUT2D eigenvalue weighted by Crippen LogP contribution is -2.10. The highest BCUT2D eigenvalue weighted by molar-refractivity contribution is 6.10. The van der Waals surface area contributed by atoms with Crippen LogP contribution in [0.15, 0.2) is 164 Å². The molecule has 0 saturated heterocycles. The normalized spacial score (nSPS) is 11.8. The first-order chi connectivity index (χ1) is 21.8. The topological polar surface area (TPSA) is 12.5 Å². The molecule has 1 heterocycles. The van der Waals surface area contributed by atoms with Crippen molar-refractivity contribution < 1.29 is 4.74 Å². The second kappa shape index (κ2) is 9.86. The average Bonchev–Trinajstić information content (AvgIpc) is 3.09. The molecular formula is C42H27NO. The van der Waals surface area contributed by atoms with Crippen molar-refractivity contribution in [2.24, 2.45) is 0 Å². The van der Waals surface area contributed by atoms with Gasteiger partial charge in [0.2, 0.25) is 0 Å². The van der Waals surface area contributed by atoms with Gasteiger partial charge in [0.15, 0.2) is 0 Å². The Morgan fingerprint density at radius 3 is 1.66 bits per heavy atom. The molecule has 0 N–H and O–H groups in total. The van der Waals surface area contributed by atoms with Gasteiger partial charge in [-0.15, -0.1) is 0 Å². The molecule has 0 amide bonds. The van der Waals surface area contributed by atoms with E-state index in [0.29, 0.717) is 0 Å². The molecule has 0 radical (unpaired) electrons. The van der Waals surface area contributed by atoms with Crippen molar-refractivity contribution in [3.63, 3.8) is 0 Å². The Balaban J connectivity index is 1.22. The van der Waals surface area contributed by atoms with E-state index in [1.54, 1.807) is 0 Å². The number of hydrogen-bond acceptors (Lipinski definition) is 2. The lowest BCUT2D eigenvalue weighted by molar-refractivity contribution is 0.487. The zero-order valence-electron chi connectivity index (χ0n) is 23.9. The number of anilines is 3. The lowest BCUT2D eigenvalue weighted by Gasteiger charge is -2.28. The van der Waals surface area contributed by atoms with Gasteiger partial charge in [-0.1, -0.05) is 115 Å². The summed E-state index contributed by atoms with van der Waals surface area (Å²) in [5.74, 6) is 1.75. The molecule has 9 rings (SSSR count). The molecule has 0 unspecified atom stereocenters. The van der Waals surface area contributed by atoms with Crippen molar-refractivity contribution in [3.8, 4) is 33.8 Å². The fourth-order valence-corrected chi connectivity index (χ4v) is 6.71. The molecule has 0 saturated carbocycles. The zero-order chi connectivity index (χ0) is 29.0. The largest absolute Gasteiger partial charge is 0.456 e. The summed E-state index contributed by atoms with van der Waals surface area (Å²) in [5, 5.41) is 7.23. The number of rotatable bonds is 4. The van der Waals surface area contributed by atoms with Crippen molar-refractivity contribution >= 4 is 49.4 Å². The van der Waals surface area contributed by atoms with Crippen molar-refractivity contribution in [1.82, 2.24) is 0 Å². The summed E-state index contributed by atoms with van der Waals surface area (Å²) in [4.78, 5) is 2.33. The molecule has 8 aromatic rings. The standard InChI is InChI=1S/C42H27NO/c1-2-11-30(12-3-1)36-23-24-40-42-38(36)15-8-16-39(42)37-22-21-35(27-41(37)44-40)43(33-19-17-28-9-4-6-13-31(28)25-33)34-20-18-29-10-5-7-14-32(29)26-34/h1-27H. The van der Waals surface area contributed by atoms with Crippen molar-refractivity contribution in [2.75, 3.05) is 4.90 Å². The molecule has 206 valence electrons. The van der Waals surface area contributed by atoms with Crippen LogP contribution in [-0.4, -0.2) is 0 Å². The van der Waals surface area contributed by atoms with Crippen LogP contribution in [0.3, 0.4) is 0 Å². The minimum absolute atomic E-state index is 0.863. The second-order valence-electron chi connectivity index (χ2n) is 11.4. The van der Waals surface area contributed by atoms with Gasteiger partial charge in [-0.05, 0) is 86.1 Å². The highest BCUT2D eigenvalue weighted by Crippen LogP contribution is 2.50. The van der Waals surface area contributed by atoms with Gasteiger partial charge in [-0.3, -0.25) is 0 Å². The first-order valence-electron chi connectivity index (χ1n) is 15.0. The van der Waals surface area contributed by atoms with Gasteiger partial charge in [-0.25, -0.2) is 0 Å². The molecule has 0 spiro atoms. The second-order valence-corrected chi connectivity index (χ2v) is 11.4. The molecule has 0 fully saturated rings. The number of hydrogen-bond donors (Lipinski definition) is 0. The molecular weight excluding hydrogens is 534 g/mol. The van der Waals surface area contributed by atoms with Crippen LogP contribution in [-0.2, 0) is 0 Å². The molecule has 1 aliphatic rings. The summed E-state index contributed by atoms with van der Waals surface area (Å²) in [6, 6.07) is 58.5. The van der Waals surface area contributed by atoms with Crippen LogP contribution in [0.1, 0.15) is 0 Å². The van der Waals surface area contributed by atoms with E-state index in [0.717, 1.165) is 39.5 Å². The van der Waals surface area contributed by atoms with Gasteiger partial charge in [0.25, 0.3) is 0 Å². The molecule has 44 heavy (non-hydrogen) atoms. The summed E-state index contributed by atoms with van der Waals surface area (Å²) in [6.07, 6.45) is 0. The van der Waals surface area contributed by atoms with Gasteiger partial charge in [-0.2, -0.15) is 0 Å². The smallest absolute Gasteiger partial charge is 0.137 e. The molecule has 8 aromatic carbocycles. The van der Waals surface area contributed by atoms with E-state index in [2.05, 4.69) is 169 Å². The Kier molecular flexibility index (Phi) is 5.54. The Hall–Kier alpha value is -5.86. The SMILES string of the molecule is c1ccc(-c2ccc3c4c(cccc24)-c2ccc(N(c4ccc5ccccc5c4)c4ccc5ccccc5c4)cc2O3)cc1. The first-order valence-corrected chi connectivity index (χ1v) is 15.0. The third-order valence-electron chi connectivity index (χ3n) is 8.80. The van der Waals surface area contributed by atoms with Crippen LogP contribution in [0.25, 0.3) is 54.6 Å². The predicted molar refractivity (Wildman–Crippen MR) is 185 cm³/mol. The van der Waals surface area contributed by atoms with Crippen molar-refractivity contribution in [3.05, 3.63) is 164 Å². The third-order valence-corrected chi connectivity index (χ3v) is 8.80. The molecule has 0 aromatic heterocycles. The predicted octanol–water partition coefficient (Wildman–Crippen LogP) is 12.1. The van der Waals surface area contributed by atoms with Gasteiger partial charge in [0.05, 0.1) is 0 Å². The van der Waals surface area contributed by atoms with Crippen LogP contribution in [0, 0.1) is 0 Å². The number of fused-ring (bicyclic) bond motifs is 4. The van der Waals surface area contributed by atoms with Crippen molar-refractivity contribution in [1.29, 1.82) is 0 Å². The van der Waals surface area contributed by atoms with Gasteiger partial charge < -0.3 is 9.64 Å². The lowest BCUT2D eigenvalue weighted by atomic mass is 9.90. The minimum Gasteiger partial charge on any atom is -0.456 e. The quantitative estimate of drug-likeness (QED) is 0.212. The maximum absolute atomic E-state index is 6.72. The molecule has 2 heteroatoms. The number of ether oxygens (including phenoxy) is 1. The maximum Gasteiger partial charge on any atom is 0.137 e. The highest BCUT2D eigenvalue weighted by Gasteiger charge is 2.24. The van der Waals surface area contributed by atoms with E-state index in [4.69, 9.17) is 4.74 Å². The first kappa shape index (κ1) is 24.7. The van der Waals surface area contributed by atoms with Gasteiger partial charge >= 0.3 is 0 Å². The van der Waals surface area contributed by atoms with Crippen LogP contribution < -0.4 is 9.64 Å². The molecule has 0 atom stereocenters. The molecule has 2 nitrogen and oxygen atoms in total. The third kappa shape index (κ3) is 3.96. The summed E-state index contributed by atoms with van der Waals surface area (Å²) in [6.45, 7) is 0. The Morgan fingerprint density at radius 1 is 0.364 bits per heavy atom. The van der Waals surface area contributed by atoms with Crippen LogP contribution in [0.4, 0.5) is 17.1 Å². The highest BCUT2D eigenvalue weighted by atomic mass is 16.5. The van der Waals surface area contributed by atoms with E-state index in [1.807, 2.05) is 0 Å². The van der Waals surface area contributed by atoms with Crippen LogP contribution in [0.2, 0.25) is 0 Å². The summed E-state index contributed by atoms with van der Waals surface area (Å²) >= 11 is 0. The van der Waals surface area contributed by atoms with E-state index in [1.165, 1.54) is 43.6 Å². The number of nitrogens with zero attached hydrogens (tertiary/aromatic N) is 1. The maximum atomic E-state index is 6.72. The fraction of sp³-hybridized carbons (Fsp3) is 0. The minimum atomic E-state index is 0.863. The number of benzene rings is 8. The Labute approximate surface area is 256 Å².